The summed E-state index contributed by atoms with van der Waals surface area (Å²) in [6.45, 7) is 4.10. The molecule has 1 fully saturated rings. The van der Waals surface area contributed by atoms with Gasteiger partial charge in [-0.3, -0.25) is 0 Å². The fourth-order valence-electron chi connectivity index (χ4n) is 2.25. The molecule has 0 aromatic heterocycles. The Hall–Kier alpha value is -0.820. The molecule has 0 radical (unpaired) electrons. The maximum atomic E-state index is 12.2. The highest BCUT2D eigenvalue weighted by Crippen LogP contribution is 2.22. The van der Waals surface area contributed by atoms with E-state index in [1.165, 1.54) is 4.31 Å². The highest BCUT2D eigenvalue weighted by molar-refractivity contribution is 7.89. The van der Waals surface area contributed by atoms with Crippen molar-refractivity contribution in [3.05, 3.63) is 29.3 Å². The van der Waals surface area contributed by atoms with Gasteiger partial charge < -0.3 is 10.6 Å². The normalized spacial score (nSPS) is 19.1. The molecule has 0 spiro atoms. The van der Waals surface area contributed by atoms with E-state index in [2.05, 4.69) is 4.90 Å². The molecule has 1 heterocycles. The van der Waals surface area contributed by atoms with E-state index in [0.29, 0.717) is 31.2 Å². The van der Waals surface area contributed by atoms with E-state index < -0.39 is 15.3 Å². The van der Waals surface area contributed by atoms with E-state index in [4.69, 9.17) is 17.3 Å². The van der Waals surface area contributed by atoms with Crippen LogP contribution in [-0.4, -0.2) is 50.7 Å². The van der Waals surface area contributed by atoms with Crippen molar-refractivity contribution in [3.63, 3.8) is 0 Å². The maximum absolute atomic E-state index is 12.2. The third-order valence-electron chi connectivity index (χ3n) is 3.61. The Morgan fingerprint density at radius 2 is 1.95 bits per heavy atom. The number of nitrogens with zero attached hydrogens (tertiary/aromatic N) is 2. The van der Waals surface area contributed by atoms with Gasteiger partial charge in [-0.15, -0.1) is 0 Å². The first-order chi connectivity index (χ1) is 9.45. The van der Waals surface area contributed by atoms with Crippen molar-refractivity contribution in [2.75, 3.05) is 37.6 Å². The van der Waals surface area contributed by atoms with Crippen LogP contribution >= 0.6 is 11.6 Å². The molecular formula is C13H20ClN3O2S. The molecule has 2 rings (SSSR count). The maximum Gasteiger partial charge on any atom is 0.218 e. The largest absolute Gasteiger partial charge is 0.369 e. The summed E-state index contributed by atoms with van der Waals surface area (Å²) < 4.78 is 26.0. The summed E-state index contributed by atoms with van der Waals surface area (Å²) in [4.78, 5) is 2.14. The molecule has 0 aliphatic carbocycles. The van der Waals surface area contributed by atoms with Gasteiger partial charge in [-0.2, -0.15) is 4.31 Å². The summed E-state index contributed by atoms with van der Waals surface area (Å²) in [5.74, 6) is 0. The minimum Gasteiger partial charge on any atom is -0.369 e. The van der Waals surface area contributed by atoms with Gasteiger partial charge in [0.05, 0.1) is 5.25 Å². The van der Waals surface area contributed by atoms with Crippen molar-refractivity contribution in [2.24, 2.45) is 5.73 Å². The second-order valence-corrected chi connectivity index (χ2v) is 7.74. The zero-order chi connectivity index (χ0) is 14.8. The predicted octanol–water partition coefficient (Wildman–Crippen LogP) is 1.14. The van der Waals surface area contributed by atoms with E-state index in [-0.39, 0.29) is 6.54 Å². The smallest absolute Gasteiger partial charge is 0.218 e. The summed E-state index contributed by atoms with van der Waals surface area (Å²) >= 11 is 5.98. The Labute approximate surface area is 125 Å². The molecule has 112 valence electrons. The van der Waals surface area contributed by atoms with E-state index >= 15 is 0 Å². The summed E-state index contributed by atoms with van der Waals surface area (Å²) in [6.07, 6.45) is 0. The molecule has 5 nitrogen and oxygen atoms in total. The first kappa shape index (κ1) is 15.6. The number of nitrogens with two attached hydrogens (primary N) is 1. The Kier molecular flexibility index (Phi) is 4.90. The molecule has 1 unspecified atom stereocenters. The standard InChI is InChI=1S/C13H20ClN3O2S/c1-11(10-15)20(18,19)17-7-5-16(6-8-17)13-4-2-3-12(14)9-13/h2-4,9,11H,5-8,10,15H2,1H3. The second kappa shape index (κ2) is 6.30. The lowest BCUT2D eigenvalue weighted by atomic mass is 10.2. The van der Waals surface area contributed by atoms with Gasteiger partial charge in [0.25, 0.3) is 0 Å². The molecule has 1 aromatic rings. The van der Waals surface area contributed by atoms with Gasteiger partial charge in [0.2, 0.25) is 10.0 Å². The van der Waals surface area contributed by atoms with Crippen LogP contribution in [0.1, 0.15) is 6.92 Å². The van der Waals surface area contributed by atoms with Crippen LogP contribution in [0.4, 0.5) is 5.69 Å². The number of benzene rings is 1. The monoisotopic (exact) mass is 317 g/mol. The first-order valence-electron chi connectivity index (χ1n) is 6.64. The van der Waals surface area contributed by atoms with Crippen molar-refractivity contribution >= 4 is 27.3 Å². The molecule has 1 atom stereocenters. The Bertz CT molecular complexity index is 556. The molecule has 0 bridgehead atoms. The molecule has 2 N–H and O–H groups in total. The van der Waals surface area contributed by atoms with Crippen molar-refractivity contribution < 1.29 is 8.42 Å². The Morgan fingerprint density at radius 1 is 1.30 bits per heavy atom. The second-order valence-electron chi connectivity index (χ2n) is 4.96. The highest BCUT2D eigenvalue weighted by atomic mass is 35.5. The number of hydrogen-bond donors (Lipinski definition) is 1. The zero-order valence-electron chi connectivity index (χ0n) is 11.5. The molecule has 1 saturated heterocycles. The van der Waals surface area contributed by atoms with Crippen LogP contribution in [0.3, 0.4) is 0 Å². The van der Waals surface area contributed by atoms with E-state index in [1.807, 2.05) is 24.3 Å². The average Bonchev–Trinajstić information content (AvgIpc) is 2.46. The highest BCUT2D eigenvalue weighted by Gasteiger charge is 2.30. The van der Waals surface area contributed by atoms with Gasteiger partial charge in [0.1, 0.15) is 0 Å². The number of anilines is 1. The predicted molar refractivity (Wildman–Crippen MR) is 82.7 cm³/mol. The van der Waals surface area contributed by atoms with Crippen LogP contribution in [0.25, 0.3) is 0 Å². The third kappa shape index (κ3) is 3.25. The average molecular weight is 318 g/mol. The summed E-state index contributed by atoms with van der Waals surface area (Å²) in [5.41, 5.74) is 6.50. The molecule has 1 aliphatic rings. The van der Waals surface area contributed by atoms with Crippen LogP contribution < -0.4 is 10.6 Å². The Balaban J connectivity index is 2.03. The van der Waals surface area contributed by atoms with Crippen LogP contribution in [0.2, 0.25) is 5.02 Å². The lowest BCUT2D eigenvalue weighted by Gasteiger charge is -2.36. The molecule has 7 heteroatoms. The van der Waals surface area contributed by atoms with Crippen molar-refractivity contribution in [3.8, 4) is 0 Å². The van der Waals surface area contributed by atoms with Gasteiger partial charge in [0.15, 0.2) is 0 Å². The van der Waals surface area contributed by atoms with Gasteiger partial charge in [-0.25, -0.2) is 8.42 Å². The lowest BCUT2D eigenvalue weighted by Crippen LogP contribution is -2.51. The minimum atomic E-state index is -3.27. The molecule has 0 saturated carbocycles. The van der Waals surface area contributed by atoms with Gasteiger partial charge in [-0.05, 0) is 25.1 Å². The first-order valence-corrected chi connectivity index (χ1v) is 8.53. The van der Waals surface area contributed by atoms with Crippen molar-refractivity contribution in [1.29, 1.82) is 0 Å². The van der Waals surface area contributed by atoms with Crippen LogP contribution in [-0.2, 0) is 10.0 Å². The van der Waals surface area contributed by atoms with Crippen LogP contribution in [0.15, 0.2) is 24.3 Å². The van der Waals surface area contributed by atoms with Crippen LogP contribution in [0, 0.1) is 0 Å². The molecule has 1 aromatic carbocycles. The van der Waals surface area contributed by atoms with Crippen LogP contribution in [0.5, 0.6) is 0 Å². The van der Waals surface area contributed by atoms with E-state index in [1.54, 1.807) is 6.92 Å². The molecule has 1 aliphatic heterocycles. The van der Waals surface area contributed by atoms with Gasteiger partial charge >= 0.3 is 0 Å². The van der Waals surface area contributed by atoms with Gasteiger partial charge in [-0.1, -0.05) is 17.7 Å². The van der Waals surface area contributed by atoms with Gasteiger partial charge in [0, 0.05) is 43.4 Å². The topological polar surface area (TPSA) is 66.6 Å². The number of rotatable bonds is 4. The number of piperazine rings is 1. The number of hydrogen-bond acceptors (Lipinski definition) is 4. The number of halogens is 1. The lowest BCUT2D eigenvalue weighted by molar-refractivity contribution is 0.380. The van der Waals surface area contributed by atoms with E-state index in [9.17, 15) is 8.42 Å². The number of sulfonamides is 1. The fourth-order valence-corrected chi connectivity index (χ4v) is 3.86. The summed E-state index contributed by atoms with van der Waals surface area (Å²) in [6, 6.07) is 7.61. The quantitative estimate of drug-likeness (QED) is 0.904. The molecular weight excluding hydrogens is 298 g/mol. The van der Waals surface area contributed by atoms with E-state index in [0.717, 1.165) is 5.69 Å². The molecule has 20 heavy (non-hydrogen) atoms. The minimum absolute atomic E-state index is 0.150. The molecule has 0 amide bonds. The van der Waals surface area contributed by atoms with Crippen molar-refractivity contribution in [1.82, 2.24) is 4.31 Å². The third-order valence-corrected chi connectivity index (χ3v) is 6.14. The zero-order valence-corrected chi connectivity index (χ0v) is 13.1. The SMILES string of the molecule is CC(CN)S(=O)(=O)N1CCN(c2cccc(Cl)c2)CC1. The van der Waals surface area contributed by atoms with Crippen molar-refractivity contribution in [2.45, 2.75) is 12.2 Å². The summed E-state index contributed by atoms with van der Waals surface area (Å²) in [7, 11) is -3.27. The fraction of sp³-hybridized carbons (Fsp3) is 0.538. The summed E-state index contributed by atoms with van der Waals surface area (Å²) in [5, 5.41) is 0.162. The Morgan fingerprint density at radius 3 is 2.50 bits per heavy atom.